The fourth-order valence-electron chi connectivity index (χ4n) is 8.01. The van der Waals surface area contributed by atoms with Gasteiger partial charge in [0.2, 0.25) is 5.91 Å². The lowest BCUT2D eigenvalue weighted by Crippen LogP contribution is -2.78. The van der Waals surface area contributed by atoms with Gasteiger partial charge in [0.25, 0.3) is 5.69 Å². The molecule has 1 spiro atoms. The third-order valence-corrected chi connectivity index (χ3v) is 10.1. The van der Waals surface area contributed by atoms with E-state index in [2.05, 4.69) is 4.90 Å². The van der Waals surface area contributed by atoms with Crippen LogP contribution in [0.15, 0.2) is 42.5 Å². The van der Waals surface area contributed by atoms with Gasteiger partial charge in [-0.05, 0) is 86.4 Å². The summed E-state index contributed by atoms with van der Waals surface area (Å²) in [5, 5.41) is 34.3. The summed E-state index contributed by atoms with van der Waals surface area (Å²) in [5.74, 6) is 1.07. The van der Waals surface area contributed by atoms with E-state index >= 15 is 0 Å². The maximum Gasteiger partial charge on any atom is 0.269 e. The van der Waals surface area contributed by atoms with Crippen LogP contribution in [0.2, 0.25) is 0 Å². The fourth-order valence-corrected chi connectivity index (χ4v) is 8.01. The Bertz CT molecular complexity index is 1390. The minimum Gasteiger partial charge on any atom is -0.504 e. The van der Waals surface area contributed by atoms with Gasteiger partial charge in [0.1, 0.15) is 6.10 Å². The number of piperidine rings is 1. The molecule has 7 rings (SSSR count). The lowest BCUT2D eigenvalue weighted by atomic mass is 9.48. The highest BCUT2D eigenvalue weighted by Crippen LogP contribution is 2.66. The molecule has 1 amide bonds. The van der Waals surface area contributed by atoms with E-state index in [1.54, 1.807) is 36.2 Å². The number of nitrogens with zero attached hydrogens (tertiary/aromatic N) is 3. The largest absolute Gasteiger partial charge is 0.504 e. The van der Waals surface area contributed by atoms with E-state index < -0.39 is 22.0 Å². The Kier molecular flexibility index (Phi) is 5.38. The van der Waals surface area contributed by atoms with E-state index in [-0.39, 0.29) is 29.4 Å². The van der Waals surface area contributed by atoms with Crippen LogP contribution in [0.5, 0.6) is 11.5 Å². The van der Waals surface area contributed by atoms with Crippen LogP contribution in [-0.2, 0) is 16.6 Å². The van der Waals surface area contributed by atoms with Crippen molar-refractivity contribution in [3.63, 3.8) is 0 Å². The Morgan fingerprint density at radius 3 is 2.69 bits per heavy atom. The maximum absolute atomic E-state index is 13.4. The zero-order valence-corrected chi connectivity index (χ0v) is 22.0. The molecule has 39 heavy (non-hydrogen) atoms. The van der Waals surface area contributed by atoms with Gasteiger partial charge in [0.15, 0.2) is 11.5 Å². The molecule has 2 N–H and O–H groups in total. The molecule has 2 bridgehead atoms. The minimum atomic E-state index is -0.994. The minimum absolute atomic E-state index is 0.000853. The molecule has 5 aliphatic rings. The summed E-state index contributed by atoms with van der Waals surface area (Å²) in [4.78, 5) is 28.0. The molecule has 9 heteroatoms. The van der Waals surface area contributed by atoms with Gasteiger partial charge in [-0.3, -0.25) is 19.8 Å². The van der Waals surface area contributed by atoms with Crippen LogP contribution in [0.25, 0.3) is 6.08 Å². The molecule has 5 atom stereocenters. The van der Waals surface area contributed by atoms with Crippen LogP contribution in [0, 0.1) is 16.0 Å². The van der Waals surface area contributed by atoms with Crippen molar-refractivity contribution in [3.8, 4) is 11.5 Å². The molecule has 2 aliphatic heterocycles. The number of likely N-dealkylation sites (N-methyl/N-ethyl adjacent to an activating group) is 1. The second-order valence-electron chi connectivity index (χ2n) is 12.0. The van der Waals surface area contributed by atoms with Crippen LogP contribution >= 0.6 is 0 Å². The predicted molar refractivity (Wildman–Crippen MR) is 143 cm³/mol. The van der Waals surface area contributed by atoms with Crippen molar-refractivity contribution in [1.82, 2.24) is 9.80 Å². The maximum atomic E-state index is 13.4. The number of rotatable bonds is 6. The van der Waals surface area contributed by atoms with E-state index in [4.69, 9.17) is 4.74 Å². The molecule has 204 valence electrons. The Balaban J connectivity index is 1.21. The average molecular weight is 532 g/mol. The highest BCUT2D eigenvalue weighted by atomic mass is 16.6. The number of aliphatic hydroxyl groups is 1. The molecule has 0 aromatic heterocycles. The molecule has 3 fully saturated rings. The van der Waals surface area contributed by atoms with E-state index in [0.717, 1.165) is 43.0 Å². The topological polar surface area (TPSA) is 116 Å². The molecule has 2 aromatic carbocycles. The number of benzene rings is 2. The van der Waals surface area contributed by atoms with Gasteiger partial charge in [0, 0.05) is 43.4 Å². The molecule has 3 aliphatic carbocycles. The van der Waals surface area contributed by atoms with Crippen molar-refractivity contribution < 1.29 is 24.7 Å². The smallest absolute Gasteiger partial charge is 0.269 e. The lowest BCUT2D eigenvalue weighted by Gasteiger charge is -2.64. The van der Waals surface area contributed by atoms with Crippen LogP contribution in [-0.4, -0.2) is 74.8 Å². The molecule has 9 nitrogen and oxygen atoms in total. The summed E-state index contributed by atoms with van der Waals surface area (Å²) in [6, 6.07) is 9.44. The number of aromatic hydroxyl groups is 1. The first-order valence-corrected chi connectivity index (χ1v) is 13.9. The zero-order valence-electron chi connectivity index (χ0n) is 22.0. The van der Waals surface area contributed by atoms with Crippen molar-refractivity contribution in [1.29, 1.82) is 0 Å². The summed E-state index contributed by atoms with van der Waals surface area (Å²) in [6.45, 7) is 1.88. The van der Waals surface area contributed by atoms with E-state index in [1.807, 2.05) is 6.07 Å². The highest BCUT2D eigenvalue weighted by Gasteiger charge is 2.73. The van der Waals surface area contributed by atoms with Gasteiger partial charge in [-0.15, -0.1) is 0 Å². The highest BCUT2D eigenvalue weighted by molar-refractivity contribution is 5.92. The summed E-state index contributed by atoms with van der Waals surface area (Å²) in [5.41, 5.74) is 1.10. The van der Waals surface area contributed by atoms with Gasteiger partial charge < -0.3 is 19.8 Å². The van der Waals surface area contributed by atoms with E-state index in [9.17, 15) is 25.1 Å². The number of amides is 1. The number of carbonyl (C=O) groups is 1. The number of nitro groups is 1. The van der Waals surface area contributed by atoms with Crippen LogP contribution < -0.4 is 4.74 Å². The second-order valence-corrected chi connectivity index (χ2v) is 12.0. The van der Waals surface area contributed by atoms with Crippen molar-refractivity contribution in [2.75, 3.05) is 20.1 Å². The fraction of sp³-hybridized carbons (Fsp3) is 0.500. The standard InChI is InChI=1S/C30H33N3O6/c1-31(25(35)11-6-18-4-8-21(9-5-18)33(37)38)22-12-13-30(36)24-16-20-7-10-23(34)27-26(20)29(30,28(22)39-27)14-15-32(24)17-19-2-3-19/h4-11,19,22,24,28,34,36H,2-3,12-17H2,1H3/t22-,24-,28+,29+,30-/m1/s1. The molecule has 1 saturated heterocycles. The van der Waals surface area contributed by atoms with Gasteiger partial charge in [-0.2, -0.15) is 0 Å². The number of phenols is 1. The molecule has 0 radical (unpaired) electrons. The normalized spacial score (nSPS) is 32.5. The molecule has 2 saturated carbocycles. The first-order chi connectivity index (χ1) is 18.7. The van der Waals surface area contributed by atoms with Crippen LogP contribution in [0.4, 0.5) is 5.69 Å². The number of hydrogen-bond acceptors (Lipinski definition) is 7. The Morgan fingerprint density at radius 2 is 1.97 bits per heavy atom. The van der Waals surface area contributed by atoms with Crippen LogP contribution in [0.1, 0.15) is 48.8 Å². The number of non-ortho nitro benzene ring substituents is 1. The van der Waals surface area contributed by atoms with Crippen LogP contribution in [0.3, 0.4) is 0 Å². The second kappa shape index (κ2) is 8.53. The van der Waals surface area contributed by atoms with E-state index in [0.29, 0.717) is 24.2 Å². The monoisotopic (exact) mass is 531 g/mol. The summed E-state index contributed by atoms with van der Waals surface area (Å²) < 4.78 is 6.58. The summed E-state index contributed by atoms with van der Waals surface area (Å²) in [7, 11) is 1.77. The SMILES string of the molecule is CN(C(=O)C=Cc1ccc([N+](=O)[O-])cc1)[C@@H]1CC[C@@]2(O)[C@H]3Cc4ccc(O)c5c4[C@@]2(CCN3CC2CC2)[C@H]1O5. The summed E-state index contributed by atoms with van der Waals surface area (Å²) >= 11 is 0. The molecule has 2 aromatic rings. The predicted octanol–water partition coefficient (Wildman–Crippen LogP) is 3.40. The van der Waals surface area contributed by atoms with E-state index in [1.165, 1.54) is 31.1 Å². The van der Waals surface area contributed by atoms with Gasteiger partial charge in [-0.1, -0.05) is 6.07 Å². The van der Waals surface area contributed by atoms with Crippen molar-refractivity contribution in [2.24, 2.45) is 5.92 Å². The van der Waals surface area contributed by atoms with Crippen molar-refractivity contribution >= 4 is 17.7 Å². The number of phenolic OH excluding ortho intramolecular Hbond substituents is 1. The average Bonchev–Trinajstić information content (AvgIpc) is 3.67. The Hall–Kier alpha value is -3.43. The van der Waals surface area contributed by atoms with Crippen molar-refractivity contribution in [3.05, 3.63) is 69.3 Å². The summed E-state index contributed by atoms with van der Waals surface area (Å²) in [6.07, 6.45) is 7.79. The third kappa shape index (κ3) is 3.49. The number of hydrogen-bond donors (Lipinski definition) is 2. The van der Waals surface area contributed by atoms with Gasteiger partial charge in [-0.25, -0.2) is 0 Å². The Labute approximate surface area is 226 Å². The first kappa shape index (κ1) is 24.6. The van der Waals surface area contributed by atoms with Gasteiger partial charge in [0.05, 0.1) is 22.0 Å². The number of carbonyl (C=O) groups excluding carboxylic acids is 1. The first-order valence-electron chi connectivity index (χ1n) is 13.9. The number of nitro benzene ring substituents is 1. The quantitative estimate of drug-likeness (QED) is 0.333. The molecule has 0 unspecified atom stereocenters. The lowest BCUT2D eigenvalue weighted by molar-refractivity contribution is -0.384. The number of likely N-dealkylation sites (tertiary alicyclic amines) is 1. The molecule has 2 heterocycles. The van der Waals surface area contributed by atoms with Gasteiger partial charge >= 0.3 is 0 Å². The third-order valence-electron chi connectivity index (χ3n) is 10.1. The van der Waals surface area contributed by atoms with Crippen molar-refractivity contribution in [2.45, 2.75) is 67.7 Å². The zero-order chi connectivity index (χ0) is 27.1. The molecular formula is C30H33N3O6. The number of ether oxygens (including phenoxy) is 1. The molecular weight excluding hydrogens is 498 g/mol. The Morgan fingerprint density at radius 1 is 1.21 bits per heavy atom.